The van der Waals surface area contributed by atoms with Gasteiger partial charge in [-0.25, -0.2) is 9.97 Å². The van der Waals surface area contributed by atoms with Crippen molar-refractivity contribution in [1.29, 1.82) is 0 Å². The molecule has 1 aliphatic rings. The number of hydrogen-bond acceptors (Lipinski definition) is 6. The molecule has 0 bridgehead atoms. The van der Waals surface area contributed by atoms with E-state index in [0.717, 1.165) is 43.5 Å². The van der Waals surface area contributed by atoms with Crippen LogP contribution in [0.1, 0.15) is 31.3 Å². The number of anilines is 1. The van der Waals surface area contributed by atoms with E-state index >= 15 is 0 Å². The molecular formula is C17H29N5O2. The van der Waals surface area contributed by atoms with Crippen molar-refractivity contribution in [3.05, 3.63) is 17.6 Å². The van der Waals surface area contributed by atoms with Gasteiger partial charge in [-0.1, -0.05) is 13.8 Å². The van der Waals surface area contributed by atoms with Gasteiger partial charge in [-0.05, 0) is 6.92 Å². The van der Waals surface area contributed by atoms with Crippen molar-refractivity contribution < 1.29 is 9.53 Å². The molecule has 0 radical (unpaired) electrons. The number of aromatic nitrogens is 2. The standard InChI is InChI=1S/C17H29N5O2/c1-13(2)17-19-14(3)11-15(20-17)21-6-8-22(9-7-21)16(23)12-18-5-10-24-4/h11,13,18H,5-10,12H2,1-4H3. The molecule has 1 saturated heterocycles. The van der Waals surface area contributed by atoms with Crippen molar-refractivity contribution in [3.63, 3.8) is 0 Å². The van der Waals surface area contributed by atoms with Crippen molar-refractivity contribution in [2.45, 2.75) is 26.7 Å². The molecule has 1 aromatic rings. The summed E-state index contributed by atoms with van der Waals surface area (Å²) in [5.41, 5.74) is 0.990. The van der Waals surface area contributed by atoms with Crippen LogP contribution in [-0.2, 0) is 9.53 Å². The van der Waals surface area contributed by atoms with Crippen LogP contribution in [0.2, 0.25) is 0 Å². The molecule has 24 heavy (non-hydrogen) atoms. The first-order valence-corrected chi connectivity index (χ1v) is 8.59. The van der Waals surface area contributed by atoms with E-state index in [4.69, 9.17) is 4.74 Å². The molecule has 7 nitrogen and oxygen atoms in total. The summed E-state index contributed by atoms with van der Waals surface area (Å²) in [4.78, 5) is 25.5. The highest BCUT2D eigenvalue weighted by atomic mass is 16.5. The first-order chi connectivity index (χ1) is 11.5. The Labute approximate surface area is 144 Å². The second kappa shape index (κ2) is 8.94. The Morgan fingerprint density at radius 3 is 2.62 bits per heavy atom. The fourth-order valence-electron chi connectivity index (χ4n) is 2.66. The van der Waals surface area contributed by atoms with Crippen molar-refractivity contribution >= 4 is 11.7 Å². The van der Waals surface area contributed by atoms with Crippen molar-refractivity contribution in [3.8, 4) is 0 Å². The van der Waals surface area contributed by atoms with Gasteiger partial charge in [-0.3, -0.25) is 4.79 Å². The van der Waals surface area contributed by atoms with E-state index in [1.54, 1.807) is 7.11 Å². The van der Waals surface area contributed by atoms with Crippen LogP contribution in [0.4, 0.5) is 5.82 Å². The Balaban J connectivity index is 1.87. The highest BCUT2D eigenvalue weighted by molar-refractivity contribution is 5.78. The Bertz CT molecular complexity index is 542. The van der Waals surface area contributed by atoms with Gasteiger partial charge in [0.1, 0.15) is 11.6 Å². The van der Waals surface area contributed by atoms with Gasteiger partial charge in [-0.15, -0.1) is 0 Å². The molecule has 2 heterocycles. The minimum atomic E-state index is 0.146. The predicted molar refractivity (Wildman–Crippen MR) is 94.4 cm³/mol. The Morgan fingerprint density at radius 1 is 1.29 bits per heavy atom. The number of nitrogens with one attached hydrogen (secondary N) is 1. The second-order valence-corrected chi connectivity index (χ2v) is 6.42. The van der Waals surface area contributed by atoms with Gasteiger partial charge < -0.3 is 19.9 Å². The lowest BCUT2D eigenvalue weighted by Crippen LogP contribution is -2.51. The van der Waals surface area contributed by atoms with Gasteiger partial charge in [0, 0.05) is 57.5 Å². The third kappa shape index (κ3) is 5.14. The van der Waals surface area contributed by atoms with Crippen molar-refractivity contribution in [2.24, 2.45) is 0 Å². The lowest BCUT2D eigenvalue weighted by molar-refractivity contribution is -0.130. The molecule has 0 unspecified atom stereocenters. The summed E-state index contributed by atoms with van der Waals surface area (Å²) in [6, 6.07) is 2.02. The zero-order valence-electron chi connectivity index (χ0n) is 15.2. The number of amides is 1. The molecule has 1 fully saturated rings. The number of carbonyl (C=O) groups is 1. The zero-order valence-corrected chi connectivity index (χ0v) is 15.2. The maximum absolute atomic E-state index is 12.2. The minimum absolute atomic E-state index is 0.146. The number of rotatable bonds is 7. The maximum atomic E-state index is 12.2. The Kier molecular flexibility index (Phi) is 6.93. The van der Waals surface area contributed by atoms with E-state index in [0.29, 0.717) is 25.6 Å². The number of ether oxygens (including phenoxy) is 1. The predicted octanol–water partition coefficient (Wildman–Crippen LogP) is 0.793. The van der Waals surface area contributed by atoms with Crippen LogP contribution in [0, 0.1) is 6.92 Å². The van der Waals surface area contributed by atoms with Crippen molar-refractivity contribution in [1.82, 2.24) is 20.2 Å². The van der Waals surface area contributed by atoms with Crippen LogP contribution in [0.5, 0.6) is 0 Å². The van der Waals surface area contributed by atoms with Crippen LogP contribution in [0.15, 0.2) is 6.07 Å². The van der Waals surface area contributed by atoms with E-state index < -0.39 is 0 Å². The number of piperazine rings is 1. The summed E-state index contributed by atoms with van der Waals surface area (Å²) in [5, 5.41) is 3.10. The summed E-state index contributed by atoms with van der Waals surface area (Å²) >= 11 is 0. The zero-order chi connectivity index (χ0) is 17.5. The van der Waals surface area contributed by atoms with Crippen LogP contribution >= 0.6 is 0 Å². The third-order valence-corrected chi connectivity index (χ3v) is 4.09. The Morgan fingerprint density at radius 2 is 2.00 bits per heavy atom. The topological polar surface area (TPSA) is 70.6 Å². The first kappa shape index (κ1) is 18.6. The lowest BCUT2D eigenvalue weighted by Gasteiger charge is -2.35. The summed E-state index contributed by atoms with van der Waals surface area (Å²) in [7, 11) is 1.66. The van der Waals surface area contributed by atoms with Crippen LogP contribution in [0.25, 0.3) is 0 Å². The molecule has 0 aromatic carbocycles. The SMILES string of the molecule is COCCNCC(=O)N1CCN(c2cc(C)nc(C(C)C)n2)CC1. The van der Waals surface area contributed by atoms with Crippen LogP contribution in [-0.4, -0.2) is 73.8 Å². The van der Waals surface area contributed by atoms with Crippen LogP contribution in [0.3, 0.4) is 0 Å². The van der Waals surface area contributed by atoms with Gasteiger partial charge in [0.25, 0.3) is 0 Å². The lowest BCUT2D eigenvalue weighted by atomic mass is 10.2. The molecule has 1 N–H and O–H groups in total. The van der Waals surface area contributed by atoms with Gasteiger partial charge in [0.2, 0.25) is 5.91 Å². The first-order valence-electron chi connectivity index (χ1n) is 8.59. The fraction of sp³-hybridized carbons (Fsp3) is 0.706. The third-order valence-electron chi connectivity index (χ3n) is 4.09. The molecule has 1 aliphatic heterocycles. The molecule has 2 rings (SSSR count). The monoisotopic (exact) mass is 335 g/mol. The molecule has 1 amide bonds. The Hall–Kier alpha value is -1.73. The van der Waals surface area contributed by atoms with E-state index in [1.165, 1.54) is 0 Å². The van der Waals surface area contributed by atoms with Crippen LogP contribution < -0.4 is 10.2 Å². The quantitative estimate of drug-likeness (QED) is 0.743. The average Bonchev–Trinajstić information content (AvgIpc) is 2.58. The highest BCUT2D eigenvalue weighted by Crippen LogP contribution is 2.18. The number of carbonyl (C=O) groups excluding carboxylic acids is 1. The van der Waals surface area contributed by atoms with E-state index in [1.807, 2.05) is 17.9 Å². The summed E-state index contributed by atoms with van der Waals surface area (Å²) in [6.07, 6.45) is 0. The van der Waals surface area contributed by atoms with Gasteiger partial charge in [0.15, 0.2) is 0 Å². The second-order valence-electron chi connectivity index (χ2n) is 6.42. The maximum Gasteiger partial charge on any atom is 0.236 e. The van der Waals surface area contributed by atoms with E-state index in [2.05, 4.69) is 34.0 Å². The van der Waals surface area contributed by atoms with E-state index in [9.17, 15) is 4.79 Å². The summed E-state index contributed by atoms with van der Waals surface area (Å²) in [6.45, 7) is 10.9. The molecule has 7 heteroatoms. The largest absolute Gasteiger partial charge is 0.383 e. The molecule has 1 aromatic heterocycles. The minimum Gasteiger partial charge on any atom is -0.383 e. The van der Waals surface area contributed by atoms with Gasteiger partial charge in [0.05, 0.1) is 13.2 Å². The van der Waals surface area contributed by atoms with Gasteiger partial charge >= 0.3 is 0 Å². The number of hydrogen-bond donors (Lipinski definition) is 1. The molecule has 0 aliphatic carbocycles. The van der Waals surface area contributed by atoms with E-state index in [-0.39, 0.29) is 5.91 Å². The summed E-state index contributed by atoms with van der Waals surface area (Å²) in [5.74, 6) is 2.31. The molecule has 0 saturated carbocycles. The van der Waals surface area contributed by atoms with Crippen molar-refractivity contribution in [2.75, 3.05) is 57.9 Å². The number of nitrogens with zero attached hydrogens (tertiary/aromatic N) is 4. The average molecular weight is 335 g/mol. The smallest absolute Gasteiger partial charge is 0.236 e. The molecule has 0 spiro atoms. The summed E-state index contributed by atoms with van der Waals surface area (Å²) < 4.78 is 4.96. The molecular weight excluding hydrogens is 306 g/mol. The molecule has 0 atom stereocenters. The number of aryl methyl sites for hydroxylation is 1. The fourth-order valence-corrected chi connectivity index (χ4v) is 2.66. The highest BCUT2D eigenvalue weighted by Gasteiger charge is 2.22. The van der Waals surface area contributed by atoms with Gasteiger partial charge in [-0.2, -0.15) is 0 Å². The number of methoxy groups -OCH3 is 1. The normalized spacial score (nSPS) is 15.2. The molecule has 134 valence electrons.